The molecule has 0 amide bonds. The monoisotopic (exact) mass is 315 g/mol. The molecule has 1 aromatic carbocycles. The number of nitrogens with one attached hydrogen (secondary N) is 1. The second-order valence-electron chi connectivity index (χ2n) is 4.33. The number of hydrogen-bond acceptors (Lipinski definition) is 3. The van der Waals surface area contributed by atoms with Gasteiger partial charge in [0.15, 0.2) is 0 Å². The summed E-state index contributed by atoms with van der Waals surface area (Å²) in [6.45, 7) is 4.05. The largest absolute Gasteiger partial charge is 0.339 e. The lowest BCUT2D eigenvalue weighted by molar-refractivity contribution is 0.850. The Kier molecular flexibility index (Phi) is 4.50. The van der Waals surface area contributed by atoms with Crippen molar-refractivity contribution in [3.05, 3.63) is 45.3 Å². The standard InChI is InChI=1S/C13H12Cl3N3/c1-7(2)11-12(16)17-6-18-13(11)19-10-4-3-8(14)5-9(10)15/h3-7H,1-2H3,(H,17,18,19). The van der Waals surface area contributed by atoms with Crippen LogP contribution < -0.4 is 5.32 Å². The van der Waals surface area contributed by atoms with Crippen molar-refractivity contribution in [1.29, 1.82) is 0 Å². The zero-order chi connectivity index (χ0) is 14.0. The third-order valence-corrected chi connectivity index (χ3v) is 3.45. The Balaban J connectivity index is 2.41. The van der Waals surface area contributed by atoms with Crippen molar-refractivity contribution in [3.63, 3.8) is 0 Å². The summed E-state index contributed by atoms with van der Waals surface area (Å²) in [6, 6.07) is 5.22. The van der Waals surface area contributed by atoms with Crippen molar-refractivity contribution in [3.8, 4) is 0 Å². The van der Waals surface area contributed by atoms with E-state index in [0.717, 1.165) is 11.3 Å². The molecule has 1 heterocycles. The van der Waals surface area contributed by atoms with Gasteiger partial charge in [-0.05, 0) is 24.1 Å². The number of anilines is 2. The third-order valence-electron chi connectivity index (χ3n) is 2.60. The minimum Gasteiger partial charge on any atom is -0.339 e. The van der Waals surface area contributed by atoms with E-state index in [2.05, 4.69) is 15.3 Å². The van der Waals surface area contributed by atoms with Crippen LogP contribution in [-0.4, -0.2) is 9.97 Å². The molecule has 0 radical (unpaired) electrons. The van der Waals surface area contributed by atoms with Crippen molar-refractivity contribution >= 4 is 46.3 Å². The molecule has 1 aromatic heterocycles. The van der Waals surface area contributed by atoms with Crippen LogP contribution in [0.3, 0.4) is 0 Å². The number of benzene rings is 1. The SMILES string of the molecule is CC(C)c1c(Cl)ncnc1Nc1ccc(Cl)cc1Cl. The van der Waals surface area contributed by atoms with Crippen LogP contribution in [0.25, 0.3) is 0 Å². The number of halogens is 3. The highest BCUT2D eigenvalue weighted by Gasteiger charge is 2.14. The topological polar surface area (TPSA) is 37.8 Å². The van der Waals surface area contributed by atoms with E-state index in [9.17, 15) is 0 Å². The lowest BCUT2D eigenvalue weighted by Gasteiger charge is -2.15. The van der Waals surface area contributed by atoms with Crippen LogP contribution in [0.2, 0.25) is 15.2 Å². The van der Waals surface area contributed by atoms with Crippen LogP contribution in [0.15, 0.2) is 24.5 Å². The first-order valence-corrected chi connectivity index (χ1v) is 6.85. The van der Waals surface area contributed by atoms with Gasteiger partial charge in [-0.1, -0.05) is 48.7 Å². The molecule has 0 aliphatic carbocycles. The highest BCUT2D eigenvalue weighted by molar-refractivity contribution is 6.36. The minimum absolute atomic E-state index is 0.197. The van der Waals surface area contributed by atoms with Gasteiger partial charge in [-0.2, -0.15) is 0 Å². The molecule has 0 aliphatic rings. The van der Waals surface area contributed by atoms with Crippen molar-refractivity contribution in [2.45, 2.75) is 19.8 Å². The molecule has 0 aliphatic heterocycles. The molecular formula is C13H12Cl3N3. The van der Waals surface area contributed by atoms with Gasteiger partial charge in [0.2, 0.25) is 0 Å². The molecular weight excluding hydrogens is 305 g/mol. The summed E-state index contributed by atoms with van der Waals surface area (Å²) in [7, 11) is 0. The Hall–Kier alpha value is -1.03. The molecule has 2 aromatic rings. The average molecular weight is 317 g/mol. The summed E-state index contributed by atoms with van der Waals surface area (Å²) in [6.07, 6.45) is 1.42. The van der Waals surface area contributed by atoms with Crippen molar-refractivity contribution in [1.82, 2.24) is 9.97 Å². The Morgan fingerprint density at radius 1 is 1.11 bits per heavy atom. The maximum Gasteiger partial charge on any atom is 0.138 e. The molecule has 0 unspecified atom stereocenters. The highest BCUT2D eigenvalue weighted by atomic mass is 35.5. The number of rotatable bonds is 3. The fourth-order valence-corrected chi connectivity index (χ4v) is 2.51. The van der Waals surface area contributed by atoms with Gasteiger partial charge in [0.1, 0.15) is 17.3 Å². The van der Waals surface area contributed by atoms with Gasteiger partial charge < -0.3 is 5.32 Å². The molecule has 0 fully saturated rings. The van der Waals surface area contributed by atoms with Gasteiger partial charge >= 0.3 is 0 Å². The van der Waals surface area contributed by atoms with E-state index >= 15 is 0 Å². The average Bonchev–Trinajstić information content (AvgIpc) is 2.32. The summed E-state index contributed by atoms with van der Waals surface area (Å²) >= 11 is 18.1. The van der Waals surface area contributed by atoms with Crippen molar-refractivity contribution in [2.75, 3.05) is 5.32 Å². The Morgan fingerprint density at radius 2 is 1.84 bits per heavy atom. The Labute approximate surface area is 126 Å². The molecule has 0 bridgehead atoms. The first-order valence-electron chi connectivity index (χ1n) is 5.71. The molecule has 0 atom stereocenters. The van der Waals surface area contributed by atoms with Crippen LogP contribution in [0.1, 0.15) is 25.3 Å². The van der Waals surface area contributed by atoms with E-state index in [0.29, 0.717) is 21.0 Å². The molecule has 100 valence electrons. The molecule has 6 heteroatoms. The van der Waals surface area contributed by atoms with Gasteiger partial charge in [0.05, 0.1) is 10.7 Å². The zero-order valence-electron chi connectivity index (χ0n) is 10.4. The first-order chi connectivity index (χ1) is 8.99. The summed E-state index contributed by atoms with van der Waals surface area (Å²) < 4.78 is 0. The van der Waals surface area contributed by atoms with Gasteiger partial charge in [-0.15, -0.1) is 0 Å². The molecule has 3 nitrogen and oxygen atoms in total. The van der Waals surface area contributed by atoms with Crippen molar-refractivity contribution < 1.29 is 0 Å². The smallest absolute Gasteiger partial charge is 0.138 e. The van der Waals surface area contributed by atoms with E-state index in [4.69, 9.17) is 34.8 Å². The van der Waals surface area contributed by atoms with E-state index in [1.54, 1.807) is 18.2 Å². The molecule has 0 saturated carbocycles. The maximum absolute atomic E-state index is 6.13. The molecule has 1 N–H and O–H groups in total. The predicted octanol–water partition coefficient (Wildman–Crippen LogP) is 5.30. The summed E-state index contributed by atoms with van der Waals surface area (Å²) in [5, 5.41) is 4.71. The Morgan fingerprint density at radius 3 is 2.47 bits per heavy atom. The Bertz CT molecular complexity index is 600. The minimum atomic E-state index is 0.197. The van der Waals surface area contributed by atoms with Gasteiger partial charge in [0, 0.05) is 10.6 Å². The van der Waals surface area contributed by atoms with Crippen LogP contribution in [0.4, 0.5) is 11.5 Å². The second kappa shape index (κ2) is 5.95. The first kappa shape index (κ1) is 14.4. The van der Waals surface area contributed by atoms with Crippen LogP contribution in [0.5, 0.6) is 0 Å². The normalized spacial score (nSPS) is 10.8. The number of aromatic nitrogens is 2. The lowest BCUT2D eigenvalue weighted by Crippen LogP contribution is -2.03. The fraction of sp³-hybridized carbons (Fsp3) is 0.231. The van der Waals surface area contributed by atoms with E-state index < -0.39 is 0 Å². The number of hydrogen-bond donors (Lipinski definition) is 1. The summed E-state index contributed by atoms with van der Waals surface area (Å²) in [5.74, 6) is 0.849. The van der Waals surface area contributed by atoms with Gasteiger partial charge in [-0.3, -0.25) is 0 Å². The summed E-state index contributed by atoms with van der Waals surface area (Å²) in [4.78, 5) is 8.22. The molecule has 2 rings (SSSR count). The second-order valence-corrected chi connectivity index (χ2v) is 5.53. The van der Waals surface area contributed by atoms with Crippen LogP contribution in [-0.2, 0) is 0 Å². The quantitative estimate of drug-likeness (QED) is 0.780. The van der Waals surface area contributed by atoms with E-state index in [-0.39, 0.29) is 5.92 Å². The lowest BCUT2D eigenvalue weighted by atomic mass is 10.1. The van der Waals surface area contributed by atoms with Crippen LogP contribution in [0, 0.1) is 0 Å². The van der Waals surface area contributed by atoms with Crippen molar-refractivity contribution in [2.24, 2.45) is 0 Å². The van der Waals surface area contributed by atoms with E-state index in [1.165, 1.54) is 6.33 Å². The van der Waals surface area contributed by atoms with Gasteiger partial charge in [0.25, 0.3) is 0 Å². The van der Waals surface area contributed by atoms with Gasteiger partial charge in [-0.25, -0.2) is 9.97 Å². The number of nitrogens with zero attached hydrogens (tertiary/aromatic N) is 2. The maximum atomic E-state index is 6.13. The molecule has 19 heavy (non-hydrogen) atoms. The molecule has 0 saturated heterocycles. The van der Waals surface area contributed by atoms with Crippen LogP contribution >= 0.6 is 34.8 Å². The molecule has 0 spiro atoms. The predicted molar refractivity (Wildman–Crippen MR) is 80.9 cm³/mol. The fourth-order valence-electron chi connectivity index (χ4n) is 1.70. The highest BCUT2D eigenvalue weighted by Crippen LogP contribution is 2.33. The van der Waals surface area contributed by atoms with E-state index in [1.807, 2.05) is 13.8 Å². The third kappa shape index (κ3) is 3.30. The summed E-state index contributed by atoms with van der Waals surface area (Å²) in [5.41, 5.74) is 1.58. The zero-order valence-corrected chi connectivity index (χ0v) is 12.7.